The first kappa shape index (κ1) is 13.5. The quantitative estimate of drug-likeness (QED) is 0.868. The Labute approximate surface area is 115 Å². The monoisotopic (exact) mass is 289 g/mol. The van der Waals surface area contributed by atoms with E-state index in [0.29, 0.717) is 28.8 Å². The zero-order chi connectivity index (χ0) is 13.1. The number of halogens is 2. The summed E-state index contributed by atoms with van der Waals surface area (Å²) in [5.41, 5.74) is 0. The number of esters is 1. The van der Waals surface area contributed by atoms with Gasteiger partial charge in [-0.3, -0.25) is 4.79 Å². The second kappa shape index (κ2) is 5.78. The molecule has 1 aliphatic heterocycles. The molecular formula is C12H13Cl2NO3. The summed E-state index contributed by atoms with van der Waals surface area (Å²) in [6.07, 6.45) is 0.431. The van der Waals surface area contributed by atoms with Gasteiger partial charge >= 0.3 is 5.97 Å². The van der Waals surface area contributed by atoms with Gasteiger partial charge in [0.15, 0.2) is 0 Å². The maximum Gasteiger partial charge on any atom is 0.323 e. The van der Waals surface area contributed by atoms with Crippen LogP contribution in [0.2, 0.25) is 10.0 Å². The molecule has 18 heavy (non-hydrogen) atoms. The highest BCUT2D eigenvalue weighted by molar-refractivity contribution is 6.34. The van der Waals surface area contributed by atoms with Gasteiger partial charge in [-0.1, -0.05) is 23.2 Å². The van der Waals surface area contributed by atoms with E-state index in [2.05, 4.69) is 10.1 Å². The summed E-state index contributed by atoms with van der Waals surface area (Å²) in [7, 11) is 1.37. The van der Waals surface area contributed by atoms with E-state index in [1.54, 1.807) is 18.2 Å². The Bertz CT molecular complexity index is 453. The van der Waals surface area contributed by atoms with Gasteiger partial charge in [0.2, 0.25) is 0 Å². The molecule has 1 N–H and O–H groups in total. The summed E-state index contributed by atoms with van der Waals surface area (Å²) in [5, 5.41) is 4.10. The summed E-state index contributed by atoms with van der Waals surface area (Å²) in [4.78, 5) is 11.3. The van der Waals surface area contributed by atoms with Crippen molar-refractivity contribution in [3.8, 4) is 5.75 Å². The number of methoxy groups -OCH3 is 1. The van der Waals surface area contributed by atoms with Crippen LogP contribution >= 0.6 is 23.2 Å². The number of ether oxygens (including phenoxy) is 2. The van der Waals surface area contributed by atoms with Crippen molar-refractivity contribution in [1.29, 1.82) is 0 Å². The van der Waals surface area contributed by atoms with Crippen LogP contribution < -0.4 is 10.1 Å². The highest BCUT2D eigenvalue weighted by Crippen LogP contribution is 2.29. The van der Waals surface area contributed by atoms with Gasteiger partial charge in [-0.2, -0.15) is 0 Å². The molecule has 2 rings (SSSR count). The van der Waals surface area contributed by atoms with Crippen molar-refractivity contribution in [2.45, 2.75) is 18.6 Å². The van der Waals surface area contributed by atoms with E-state index < -0.39 is 0 Å². The van der Waals surface area contributed by atoms with Crippen LogP contribution in [-0.2, 0) is 9.53 Å². The van der Waals surface area contributed by atoms with Crippen LogP contribution in [0.1, 0.15) is 6.42 Å². The lowest BCUT2D eigenvalue weighted by atomic mass is 10.2. The molecule has 0 bridgehead atoms. The first-order valence-electron chi connectivity index (χ1n) is 5.53. The summed E-state index contributed by atoms with van der Waals surface area (Å²) in [6.45, 7) is 0.572. The number of benzene rings is 1. The second-order valence-corrected chi connectivity index (χ2v) is 4.88. The average Bonchev–Trinajstić information content (AvgIpc) is 2.81. The zero-order valence-corrected chi connectivity index (χ0v) is 11.3. The number of hydrogen-bond donors (Lipinski definition) is 1. The molecule has 2 atom stereocenters. The molecule has 0 saturated carbocycles. The SMILES string of the molecule is COC(=O)[C@@H]1C[C@@H](Oc2cc(Cl)ccc2Cl)CN1. The van der Waals surface area contributed by atoms with Crippen molar-refractivity contribution in [2.24, 2.45) is 0 Å². The summed E-state index contributed by atoms with van der Waals surface area (Å²) in [5.74, 6) is 0.250. The highest BCUT2D eigenvalue weighted by atomic mass is 35.5. The molecule has 0 spiro atoms. The van der Waals surface area contributed by atoms with E-state index in [9.17, 15) is 4.79 Å². The fraction of sp³-hybridized carbons (Fsp3) is 0.417. The van der Waals surface area contributed by atoms with Gasteiger partial charge in [0.25, 0.3) is 0 Å². The van der Waals surface area contributed by atoms with E-state index in [-0.39, 0.29) is 18.1 Å². The minimum atomic E-state index is -0.321. The molecule has 6 heteroatoms. The van der Waals surface area contributed by atoms with Crippen LogP contribution in [0.15, 0.2) is 18.2 Å². The van der Waals surface area contributed by atoms with Gasteiger partial charge in [-0.05, 0) is 12.1 Å². The molecular weight excluding hydrogens is 277 g/mol. The van der Waals surface area contributed by atoms with E-state index >= 15 is 0 Å². The standard InChI is InChI=1S/C12H13Cl2NO3/c1-17-12(16)10-5-8(6-15-10)18-11-4-7(13)2-3-9(11)14/h2-4,8,10,15H,5-6H2,1H3/t8-,10+/m1/s1. The Balaban J connectivity index is 1.99. The fourth-order valence-corrected chi connectivity index (χ4v) is 2.19. The Morgan fingerprint density at radius 1 is 1.44 bits per heavy atom. The number of rotatable bonds is 3. The van der Waals surface area contributed by atoms with Crippen molar-refractivity contribution in [3.63, 3.8) is 0 Å². The maximum atomic E-state index is 11.3. The molecule has 1 saturated heterocycles. The first-order valence-corrected chi connectivity index (χ1v) is 6.28. The van der Waals surface area contributed by atoms with Gasteiger partial charge in [-0.15, -0.1) is 0 Å². The summed E-state index contributed by atoms with van der Waals surface area (Å²) in [6, 6.07) is 4.72. The van der Waals surface area contributed by atoms with Crippen LogP contribution in [0, 0.1) is 0 Å². The second-order valence-electron chi connectivity index (χ2n) is 4.03. The van der Waals surface area contributed by atoms with Crippen molar-refractivity contribution in [1.82, 2.24) is 5.32 Å². The molecule has 0 aliphatic carbocycles. The molecule has 0 aromatic heterocycles. The minimum absolute atomic E-state index is 0.120. The van der Waals surface area contributed by atoms with Crippen molar-refractivity contribution < 1.29 is 14.3 Å². The van der Waals surface area contributed by atoms with Crippen LogP contribution in [0.25, 0.3) is 0 Å². The van der Waals surface area contributed by atoms with Gasteiger partial charge in [0.1, 0.15) is 17.9 Å². The van der Waals surface area contributed by atoms with E-state index in [1.807, 2.05) is 0 Å². The Hall–Kier alpha value is -0.970. The smallest absolute Gasteiger partial charge is 0.323 e. The van der Waals surface area contributed by atoms with Crippen LogP contribution in [0.5, 0.6) is 5.75 Å². The largest absolute Gasteiger partial charge is 0.487 e. The Morgan fingerprint density at radius 3 is 2.94 bits per heavy atom. The fourth-order valence-electron chi connectivity index (χ4n) is 1.86. The number of carbonyl (C=O) groups excluding carboxylic acids is 1. The number of carbonyl (C=O) groups is 1. The molecule has 1 aromatic carbocycles. The molecule has 1 heterocycles. The van der Waals surface area contributed by atoms with Gasteiger partial charge < -0.3 is 14.8 Å². The first-order chi connectivity index (χ1) is 8.60. The topological polar surface area (TPSA) is 47.6 Å². The van der Waals surface area contributed by atoms with Crippen molar-refractivity contribution >= 4 is 29.2 Å². The van der Waals surface area contributed by atoms with E-state index in [4.69, 9.17) is 27.9 Å². The third-order valence-corrected chi connectivity index (χ3v) is 3.31. The third-order valence-electron chi connectivity index (χ3n) is 2.76. The van der Waals surface area contributed by atoms with E-state index in [0.717, 1.165) is 0 Å². The lowest BCUT2D eigenvalue weighted by Crippen LogP contribution is -2.31. The molecule has 1 aromatic rings. The normalized spacial score (nSPS) is 22.8. The van der Waals surface area contributed by atoms with E-state index in [1.165, 1.54) is 7.11 Å². The minimum Gasteiger partial charge on any atom is -0.487 e. The number of hydrogen-bond acceptors (Lipinski definition) is 4. The Kier molecular flexibility index (Phi) is 4.32. The van der Waals surface area contributed by atoms with Crippen LogP contribution in [0.4, 0.5) is 0 Å². The predicted molar refractivity (Wildman–Crippen MR) is 69.3 cm³/mol. The molecule has 1 fully saturated rings. The van der Waals surface area contributed by atoms with Gasteiger partial charge in [0, 0.05) is 24.1 Å². The Morgan fingerprint density at radius 2 is 2.22 bits per heavy atom. The lowest BCUT2D eigenvalue weighted by molar-refractivity contribution is -0.142. The average molecular weight is 290 g/mol. The van der Waals surface area contributed by atoms with Crippen LogP contribution in [-0.4, -0.2) is 31.8 Å². The zero-order valence-electron chi connectivity index (χ0n) is 9.78. The van der Waals surface area contributed by atoms with Crippen LogP contribution in [0.3, 0.4) is 0 Å². The van der Waals surface area contributed by atoms with Gasteiger partial charge in [0.05, 0.1) is 12.1 Å². The summed E-state index contributed by atoms with van der Waals surface area (Å²) >= 11 is 11.9. The molecule has 98 valence electrons. The third kappa shape index (κ3) is 3.07. The number of nitrogens with one attached hydrogen (secondary N) is 1. The molecule has 0 radical (unpaired) electrons. The molecule has 1 aliphatic rings. The summed E-state index contributed by atoms with van der Waals surface area (Å²) < 4.78 is 10.4. The lowest BCUT2D eigenvalue weighted by Gasteiger charge is -2.14. The molecule has 0 amide bonds. The maximum absolute atomic E-state index is 11.3. The van der Waals surface area contributed by atoms with Crippen molar-refractivity contribution in [3.05, 3.63) is 28.2 Å². The molecule has 0 unspecified atom stereocenters. The highest BCUT2D eigenvalue weighted by Gasteiger charge is 2.31. The van der Waals surface area contributed by atoms with Gasteiger partial charge in [-0.25, -0.2) is 0 Å². The van der Waals surface area contributed by atoms with Crippen molar-refractivity contribution in [2.75, 3.05) is 13.7 Å². The predicted octanol–water partition coefficient (Wildman–Crippen LogP) is 2.28. The molecule has 4 nitrogen and oxygen atoms in total.